The fraction of sp³-hybridized carbons (Fsp3) is 0.310. The molecule has 0 radical (unpaired) electrons. The monoisotopic (exact) mass is 554 g/mol. The van der Waals surface area contributed by atoms with Crippen LogP contribution in [0.25, 0.3) is 16.8 Å². The van der Waals surface area contributed by atoms with Crippen LogP contribution in [0.15, 0.2) is 60.7 Å². The molecule has 1 fully saturated rings. The molecule has 4 rings (SSSR count). The second-order valence-corrected chi connectivity index (χ2v) is 11.9. The maximum atomic E-state index is 16.1. The van der Waals surface area contributed by atoms with Crippen molar-refractivity contribution in [2.45, 2.75) is 46.8 Å². The minimum atomic E-state index is -4.29. The fourth-order valence-corrected chi connectivity index (χ4v) is 5.27. The van der Waals surface area contributed by atoms with E-state index in [1.54, 1.807) is 58.0 Å². The molecule has 0 aliphatic carbocycles. The number of nitrogens with one attached hydrogen (secondary N) is 1. The number of fused-ring (bicyclic) bond motifs is 1. The van der Waals surface area contributed by atoms with E-state index in [1.165, 1.54) is 0 Å². The number of hydrogen-bond acceptors (Lipinski definition) is 6. The molecule has 0 bridgehead atoms. The molecule has 1 N–H and O–H groups in total. The number of halogens is 1. The van der Waals surface area contributed by atoms with Gasteiger partial charge in [0.05, 0.1) is 11.5 Å². The minimum absolute atomic E-state index is 0.00219. The number of hydrogen-bond donors (Lipinski definition) is 1. The van der Waals surface area contributed by atoms with Gasteiger partial charge in [0.1, 0.15) is 24.6 Å². The second-order valence-electron chi connectivity index (χ2n) is 10.3. The minimum Gasteiger partial charge on any atom is -0.487 e. The van der Waals surface area contributed by atoms with Gasteiger partial charge in [-0.15, -0.1) is 0 Å². The number of rotatable bonds is 9. The Morgan fingerprint density at radius 3 is 2.51 bits per heavy atom. The molecular weight excluding hydrogens is 523 g/mol. The number of carbonyl (C=O) groups is 2. The van der Waals surface area contributed by atoms with Crippen LogP contribution >= 0.6 is 0 Å². The fourth-order valence-electron chi connectivity index (χ4n) is 4.11. The van der Waals surface area contributed by atoms with Crippen LogP contribution in [0, 0.1) is 11.2 Å². The Balaban J connectivity index is 1.70. The van der Waals surface area contributed by atoms with Gasteiger partial charge < -0.3 is 9.47 Å². The molecule has 10 heteroatoms. The third kappa shape index (κ3) is 6.39. The van der Waals surface area contributed by atoms with Gasteiger partial charge >= 0.3 is 16.2 Å². The predicted molar refractivity (Wildman–Crippen MR) is 148 cm³/mol. The highest BCUT2D eigenvalue weighted by molar-refractivity contribution is 7.92. The van der Waals surface area contributed by atoms with Gasteiger partial charge in [-0.05, 0) is 62.8 Å². The summed E-state index contributed by atoms with van der Waals surface area (Å²) in [6.07, 6.45) is 3.76. The first kappa shape index (κ1) is 28.1. The number of amides is 1. The summed E-state index contributed by atoms with van der Waals surface area (Å²) in [5, 5.41) is 0.653. The van der Waals surface area contributed by atoms with Crippen molar-refractivity contribution in [3.8, 4) is 5.75 Å². The van der Waals surface area contributed by atoms with Crippen molar-refractivity contribution in [2.75, 3.05) is 10.8 Å². The summed E-state index contributed by atoms with van der Waals surface area (Å²) < 4.78 is 55.1. The summed E-state index contributed by atoms with van der Waals surface area (Å²) in [5.74, 6) is -1.91. The topological polar surface area (TPSA) is 102 Å². The first-order valence-electron chi connectivity index (χ1n) is 12.5. The Hall–Kier alpha value is -3.92. The number of esters is 1. The van der Waals surface area contributed by atoms with Crippen LogP contribution in [0.2, 0.25) is 0 Å². The summed E-state index contributed by atoms with van der Waals surface area (Å²) in [4.78, 5) is 24.3. The lowest BCUT2D eigenvalue weighted by Crippen LogP contribution is -2.30. The van der Waals surface area contributed by atoms with Gasteiger partial charge in [0.2, 0.25) is 0 Å². The van der Waals surface area contributed by atoms with E-state index in [0.717, 1.165) is 5.56 Å². The highest BCUT2D eigenvalue weighted by Crippen LogP contribution is 2.40. The number of ether oxygens (including phenoxy) is 2. The molecule has 206 valence electrons. The Morgan fingerprint density at radius 2 is 1.87 bits per heavy atom. The second kappa shape index (κ2) is 11.1. The lowest BCUT2D eigenvalue weighted by molar-refractivity contribution is -0.157. The molecule has 3 aromatic rings. The molecule has 1 amide bonds. The van der Waals surface area contributed by atoms with E-state index in [4.69, 9.17) is 9.47 Å². The normalized spacial score (nSPS) is 15.2. The zero-order valence-electron chi connectivity index (χ0n) is 22.2. The highest BCUT2D eigenvalue weighted by Gasteiger charge is 2.38. The van der Waals surface area contributed by atoms with Crippen molar-refractivity contribution >= 4 is 44.6 Å². The van der Waals surface area contributed by atoms with Crippen LogP contribution in [-0.2, 0) is 31.1 Å². The van der Waals surface area contributed by atoms with Gasteiger partial charge in [0.15, 0.2) is 5.82 Å². The maximum Gasteiger partial charge on any atom is 0.326 e. The highest BCUT2D eigenvalue weighted by atomic mass is 32.2. The van der Waals surface area contributed by atoms with Crippen LogP contribution in [0.3, 0.4) is 0 Å². The largest absolute Gasteiger partial charge is 0.487 e. The molecule has 39 heavy (non-hydrogen) atoms. The summed E-state index contributed by atoms with van der Waals surface area (Å²) in [5.41, 5.74) is 0.375. The number of carbonyl (C=O) groups excluding carboxylic acids is 2. The molecule has 0 saturated carbocycles. The Bertz CT molecular complexity index is 1530. The van der Waals surface area contributed by atoms with E-state index in [1.807, 2.05) is 41.1 Å². The molecule has 0 unspecified atom stereocenters. The number of anilines is 1. The van der Waals surface area contributed by atoms with E-state index in [9.17, 15) is 18.0 Å². The number of nitrogens with zero attached hydrogens (tertiary/aromatic N) is 1. The van der Waals surface area contributed by atoms with Gasteiger partial charge in [0.25, 0.3) is 5.91 Å². The lowest BCUT2D eigenvalue weighted by Gasteiger charge is -2.22. The van der Waals surface area contributed by atoms with Gasteiger partial charge in [0, 0.05) is 5.39 Å². The summed E-state index contributed by atoms with van der Waals surface area (Å²) in [6, 6.07) is 15.8. The van der Waals surface area contributed by atoms with E-state index in [-0.39, 0.29) is 35.5 Å². The molecule has 0 spiro atoms. The Labute approximate surface area is 227 Å². The molecule has 1 saturated heterocycles. The quantitative estimate of drug-likeness (QED) is 0.369. The van der Waals surface area contributed by atoms with Crippen LogP contribution < -0.4 is 13.8 Å². The molecule has 3 aromatic carbocycles. The van der Waals surface area contributed by atoms with Gasteiger partial charge in [-0.1, -0.05) is 54.6 Å². The van der Waals surface area contributed by atoms with Crippen molar-refractivity contribution in [1.29, 1.82) is 0 Å². The van der Waals surface area contributed by atoms with Gasteiger partial charge in [-0.3, -0.25) is 9.59 Å². The van der Waals surface area contributed by atoms with Crippen LogP contribution in [0.5, 0.6) is 5.75 Å². The van der Waals surface area contributed by atoms with Crippen molar-refractivity contribution in [3.05, 3.63) is 77.6 Å². The third-order valence-corrected chi connectivity index (χ3v) is 7.56. The first-order valence-corrected chi connectivity index (χ1v) is 14.0. The van der Waals surface area contributed by atoms with E-state index >= 15 is 4.39 Å². The summed E-state index contributed by atoms with van der Waals surface area (Å²) in [7, 11) is -4.29. The van der Waals surface area contributed by atoms with Crippen molar-refractivity contribution < 1.29 is 31.9 Å². The SMILES string of the molecule is CC(C)OC(=O)C(C)(C)CC=Cc1ccc2cc(OCc3ccccc3)c(N3CC(=O)NS3(=O)=O)c(F)c2c1. The van der Waals surface area contributed by atoms with Gasteiger partial charge in [-0.2, -0.15) is 8.42 Å². The molecule has 0 aromatic heterocycles. The summed E-state index contributed by atoms with van der Waals surface area (Å²) in [6.45, 7) is 6.67. The third-order valence-electron chi connectivity index (χ3n) is 6.18. The Kier molecular flexibility index (Phi) is 7.96. The zero-order chi connectivity index (χ0) is 28.4. The van der Waals surface area contributed by atoms with E-state index in [0.29, 0.717) is 21.7 Å². The lowest BCUT2D eigenvalue weighted by atomic mass is 9.89. The van der Waals surface area contributed by atoms with E-state index in [2.05, 4.69) is 0 Å². The number of benzene rings is 3. The molecule has 1 aliphatic rings. The van der Waals surface area contributed by atoms with Gasteiger partial charge in [-0.25, -0.2) is 13.4 Å². The standard InChI is InChI=1S/C29H31FN2O6S/c1-19(2)38-28(34)29(3,4)14-8-11-20-12-13-22-16-24(37-18-21-9-6-5-7-10-21)27(26(30)23(22)15-20)32-17-25(33)31-39(32,35)36/h5-13,15-16,19H,14,17-18H2,1-4H3,(H,31,33). The average Bonchev–Trinajstić information content (AvgIpc) is 3.14. The van der Waals surface area contributed by atoms with E-state index < -0.39 is 33.9 Å². The van der Waals surface area contributed by atoms with Crippen molar-refractivity contribution in [3.63, 3.8) is 0 Å². The molecule has 1 heterocycles. The van der Waals surface area contributed by atoms with Crippen LogP contribution in [0.1, 0.15) is 45.2 Å². The molecular formula is C29H31FN2O6S. The van der Waals surface area contributed by atoms with Crippen LogP contribution in [0.4, 0.5) is 10.1 Å². The number of allylic oxidation sites excluding steroid dienone is 1. The first-order chi connectivity index (χ1) is 18.4. The smallest absolute Gasteiger partial charge is 0.326 e. The van der Waals surface area contributed by atoms with Crippen molar-refractivity contribution in [2.24, 2.45) is 5.41 Å². The predicted octanol–water partition coefficient (Wildman–Crippen LogP) is 5.12. The molecule has 0 atom stereocenters. The Morgan fingerprint density at radius 1 is 1.15 bits per heavy atom. The molecule has 1 aliphatic heterocycles. The summed E-state index contributed by atoms with van der Waals surface area (Å²) >= 11 is 0. The average molecular weight is 555 g/mol. The zero-order valence-corrected chi connectivity index (χ0v) is 23.0. The van der Waals surface area contributed by atoms with Crippen molar-refractivity contribution in [1.82, 2.24) is 4.72 Å². The maximum absolute atomic E-state index is 16.1. The molecule has 8 nitrogen and oxygen atoms in total. The van der Waals surface area contributed by atoms with Crippen LogP contribution in [-0.4, -0.2) is 32.9 Å².